The van der Waals surface area contributed by atoms with Crippen LogP contribution < -0.4 is 0 Å². The fraction of sp³-hybridized carbons (Fsp3) is 0.500. The lowest BCUT2D eigenvalue weighted by Gasteiger charge is -2.12. The van der Waals surface area contributed by atoms with E-state index in [9.17, 15) is 4.79 Å². The predicted molar refractivity (Wildman–Crippen MR) is 47.7 cm³/mol. The van der Waals surface area contributed by atoms with Gasteiger partial charge in [0, 0.05) is 5.20 Å². The highest BCUT2D eigenvalue weighted by Gasteiger charge is 2.19. The van der Waals surface area contributed by atoms with E-state index in [0.717, 1.165) is 0 Å². The number of carbonyl (C=O) groups excluding carboxylic acids is 1. The van der Waals surface area contributed by atoms with Gasteiger partial charge in [-0.25, -0.2) is 0 Å². The summed E-state index contributed by atoms with van der Waals surface area (Å²) in [6.45, 7) is 7.61. The van der Waals surface area contributed by atoms with Crippen LogP contribution in [0.4, 0.5) is 0 Å². The van der Waals surface area contributed by atoms with Crippen molar-refractivity contribution in [1.29, 1.82) is 5.26 Å². The summed E-state index contributed by atoms with van der Waals surface area (Å²) in [4.78, 5) is 10.7. The summed E-state index contributed by atoms with van der Waals surface area (Å²) < 4.78 is 0. The maximum atomic E-state index is 10.7. The van der Waals surface area contributed by atoms with Gasteiger partial charge in [-0.05, 0) is 13.0 Å². The van der Waals surface area contributed by atoms with Gasteiger partial charge in [0.1, 0.15) is 0 Å². The number of allylic oxidation sites excluding steroid dienone is 2. The number of hydrogen-bond acceptors (Lipinski definition) is 2. The van der Waals surface area contributed by atoms with E-state index in [2.05, 4.69) is 6.07 Å². The van der Waals surface area contributed by atoms with Crippen molar-refractivity contribution in [3.8, 4) is 6.07 Å². The summed E-state index contributed by atoms with van der Waals surface area (Å²) >= 11 is 0. The quantitative estimate of drug-likeness (QED) is 0.358. The van der Waals surface area contributed by atoms with E-state index < -0.39 is 8.07 Å². The van der Waals surface area contributed by atoms with Gasteiger partial charge in [-0.3, -0.25) is 4.79 Å². The van der Waals surface area contributed by atoms with Crippen LogP contribution in [0.25, 0.3) is 0 Å². The van der Waals surface area contributed by atoms with Crippen molar-refractivity contribution in [3.63, 3.8) is 0 Å². The summed E-state index contributed by atoms with van der Waals surface area (Å²) in [6.07, 6.45) is 1.45. The molecule has 11 heavy (non-hydrogen) atoms. The molecule has 0 saturated carbocycles. The molecule has 0 aliphatic rings. The molecule has 0 radical (unpaired) electrons. The van der Waals surface area contributed by atoms with Crippen molar-refractivity contribution in [1.82, 2.24) is 0 Å². The number of hydrogen-bond donors (Lipinski definition) is 0. The van der Waals surface area contributed by atoms with Crippen molar-refractivity contribution in [3.05, 3.63) is 11.3 Å². The summed E-state index contributed by atoms with van der Waals surface area (Å²) in [5, 5.41) is 9.35. The van der Waals surface area contributed by atoms with Crippen molar-refractivity contribution >= 4 is 13.9 Å². The molecule has 0 bridgehead atoms. The van der Waals surface area contributed by atoms with Crippen LogP contribution in [-0.2, 0) is 4.79 Å². The number of nitriles is 1. The van der Waals surface area contributed by atoms with Crippen molar-refractivity contribution in [2.24, 2.45) is 0 Å². The molecule has 0 aliphatic heterocycles. The van der Waals surface area contributed by atoms with Gasteiger partial charge in [0.25, 0.3) is 0 Å². The Morgan fingerprint density at radius 3 is 2.00 bits per heavy atom. The minimum absolute atomic E-state index is 0.0380. The van der Waals surface area contributed by atoms with E-state index in [1.165, 1.54) is 13.0 Å². The van der Waals surface area contributed by atoms with Crippen LogP contribution in [-0.4, -0.2) is 13.9 Å². The Labute approximate surface area is 68.5 Å². The first-order chi connectivity index (χ1) is 4.88. The van der Waals surface area contributed by atoms with Gasteiger partial charge in [0.05, 0.1) is 14.1 Å². The molecule has 0 saturated heterocycles. The molecule has 0 atom stereocenters. The van der Waals surface area contributed by atoms with Gasteiger partial charge in [0.2, 0.25) is 0 Å². The molecule has 2 nitrogen and oxygen atoms in total. The molecular weight excluding hydrogens is 154 g/mol. The lowest BCUT2D eigenvalue weighted by molar-refractivity contribution is -0.112. The number of rotatable bonds is 2. The van der Waals surface area contributed by atoms with E-state index in [1.54, 1.807) is 0 Å². The number of nitrogens with zero attached hydrogens (tertiary/aromatic N) is 1. The molecule has 0 unspecified atom stereocenters. The normalized spacial score (nSPS) is 12.5. The molecule has 0 aromatic heterocycles. The van der Waals surface area contributed by atoms with E-state index in [0.29, 0.717) is 5.20 Å². The molecule has 0 N–H and O–H groups in total. The summed E-state index contributed by atoms with van der Waals surface area (Å²) in [5.41, 5.74) is 0. The SMILES string of the molecule is CC(=O)/C=C(\C#N)[Si](C)(C)C. The highest BCUT2D eigenvalue weighted by atomic mass is 28.3. The smallest absolute Gasteiger partial charge is 0.153 e. The van der Waals surface area contributed by atoms with Gasteiger partial charge < -0.3 is 0 Å². The Morgan fingerprint density at radius 2 is 1.91 bits per heavy atom. The zero-order chi connectivity index (χ0) is 9.07. The van der Waals surface area contributed by atoms with Gasteiger partial charge in [-0.2, -0.15) is 5.26 Å². The lowest BCUT2D eigenvalue weighted by atomic mass is 10.4. The summed E-state index contributed by atoms with van der Waals surface area (Å²) in [6, 6.07) is 2.08. The zero-order valence-electron chi connectivity index (χ0n) is 7.43. The van der Waals surface area contributed by atoms with E-state index in [-0.39, 0.29) is 5.78 Å². The highest BCUT2D eigenvalue weighted by molar-refractivity contribution is 6.84. The Bertz CT molecular complexity index is 229. The zero-order valence-corrected chi connectivity index (χ0v) is 8.43. The first kappa shape index (κ1) is 10.1. The van der Waals surface area contributed by atoms with E-state index in [1.807, 2.05) is 19.6 Å². The van der Waals surface area contributed by atoms with Crippen LogP contribution in [0.3, 0.4) is 0 Å². The van der Waals surface area contributed by atoms with Crippen molar-refractivity contribution in [2.75, 3.05) is 0 Å². The fourth-order valence-corrected chi connectivity index (χ4v) is 1.59. The monoisotopic (exact) mass is 167 g/mol. The molecule has 3 heteroatoms. The van der Waals surface area contributed by atoms with Crippen LogP contribution in [0.2, 0.25) is 19.6 Å². The van der Waals surface area contributed by atoms with Crippen LogP contribution in [0.5, 0.6) is 0 Å². The van der Waals surface area contributed by atoms with Gasteiger partial charge in [-0.1, -0.05) is 19.6 Å². The third-order valence-electron chi connectivity index (χ3n) is 1.28. The van der Waals surface area contributed by atoms with Crippen LogP contribution in [0.15, 0.2) is 11.3 Å². The van der Waals surface area contributed by atoms with E-state index >= 15 is 0 Å². The Kier molecular flexibility index (Phi) is 3.21. The molecule has 0 amide bonds. The molecule has 0 rings (SSSR count). The van der Waals surface area contributed by atoms with Gasteiger partial charge in [0.15, 0.2) is 5.78 Å². The summed E-state index contributed by atoms with van der Waals surface area (Å²) in [7, 11) is -1.57. The van der Waals surface area contributed by atoms with Crippen LogP contribution >= 0.6 is 0 Å². The molecule has 0 aromatic carbocycles. The van der Waals surface area contributed by atoms with Crippen molar-refractivity contribution in [2.45, 2.75) is 26.6 Å². The summed E-state index contributed by atoms with van der Waals surface area (Å²) in [5.74, 6) is -0.0380. The van der Waals surface area contributed by atoms with Crippen molar-refractivity contribution < 1.29 is 4.79 Å². The minimum Gasteiger partial charge on any atom is -0.295 e. The second-order valence-electron chi connectivity index (χ2n) is 3.53. The first-order valence-electron chi connectivity index (χ1n) is 3.51. The standard InChI is InChI=1S/C8H13NOSi/c1-7(10)5-8(6-9)11(2,3)4/h5H,1-4H3/b8-5+. The second-order valence-corrected chi connectivity index (χ2v) is 8.57. The maximum Gasteiger partial charge on any atom is 0.153 e. The average molecular weight is 167 g/mol. The number of carbonyl (C=O) groups is 1. The largest absolute Gasteiger partial charge is 0.295 e. The highest BCUT2D eigenvalue weighted by Crippen LogP contribution is 2.12. The minimum atomic E-state index is -1.57. The fourth-order valence-electron chi connectivity index (χ4n) is 0.620. The number of ketones is 1. The van der Waals surface area contributed by atoms with E-state index in [4.69, 9.17) is 5.26 Å². The molecule has 0 fully saturated rings. The Hall–Kier alpha value is -0.883. The molecule has 60 valence electrons. The Balaban J connectivity index is 4.73. The first-order valence-corrected chi connectivity index (χ1v) is 7.01. The molecule has 0 spiro atoms. The third kappa shape index (κ3) is 3.74. The molecular formula is C8H13NOSi. The van der Waals surface area contributed by atoms with Crippen LogP contribution in [0, 0.1) is 11.3 Å². The maximum absolute atomic E-state index is 10.7. The topological polar surface area (TPSA) is 40.9 Å². The lowest BCUT2D eigenvalue weighted by Crippen LogP contribution is -2.23. The second kappa shape index (κ2) is 3.49. The average Bonchev–Trinajstić information content (AvgIpc) is 1.79. The molecule has 0 aromatic rings. The Morgan fingerprint density at radius 1 is 1.45 bits per heavy atom. The molecule has 0 aliphatic carbocycles. The van der Waals surface area contributed by atoms with Gasteiger partial charge in [-0.15, -0.1) is 0 Å². The molecule has 0 heterocycles. The third-order valence-corrected chi connectivity index (χ3v) is 3.15. The predicted octanol–water partition coefficient (Wildman–Crippen LogP) is 1.90. The van der Waals surface area contributed by atoms with Crippen LogP contribution in [0.1, 0.15) is 6.92 Å². The van der Waals surface area contributed by atoms with Gasteiger partial charge >= 0.3 is 0 Å².